The van der Waals surface area contributed by atoms with Gasteiger partial charge in [0.15, 0.2) is 0 Å². The van der Waals surface area contributed by atoms with Crippen LogP contribution in [0.4, 0.5) is 0 Å². The minimum Gasteiger partial charge on any atom is -0.469 e. The van der Waals surface area contributed by atoms with Crippen LogP contribution in [-0.4, -0.2) is 25.0 Å². The first-order valence-electron chi connectivity index (χ1n) is 6.86. The van der Waals surface area contributed by atoms with E-state index in [1.54, 1.807) is 12.3 Å². The normalized spacial score (nSPS) is 26.3. The van der Waals surface area contributed by atoms with Crippen molar-refractivity contribution in [1.82, 2.24) is 0 Å². The number of hydrogen-bond donors (Lipinski definition) is 1. The standard InChI is InChI=1S/C14H22O4S/c1-3-13-12(7-8-18-13)14(15)10-5-4-6-11(9-10)19(2,16)17/h7-8,10-11,14-15H,3-6,9H2,1-2H3. The van der Waals surface area contributed by atoms with Gasteiger partial charge in [0.05, 0.1) is 17.6 Å². The van der Waals surface area contributed by atoms with Crippen LogP contribution in [0.25, 0.3) is 0 Å². The van der Waals surface area contributed by atoms with E-state index < -0.39 is 15.9 Å². The molecule has 4 nitrogen and oxygen atoms in total. The first-order valence-corrected chi connectivity index (χ1v) is 8.82. The molecule has 1 aromatic rings. The lowest BCUT2D eigenvalue weighted by Crippen LogP contribution is -2.30. The van der Waals surface area contributed by atoms with E-state index in [0.717, 1.165) is 30.6 Å². The minimum atomic E-state index is -3.01. The molecular weight excluding hydrogens is 264 g/mol. The fourth-order valence-electron chi connectivity index (χ4n) is 3.01. The number of furan rings is 1. The maximum absolute atomic E-state index is 11.7. The van der Waals surface area contributed by atoms with Gasteiger partial charge < -0.3 is 9.52 Å². The molecule has 1 aliphatic carbocycles. The Kier molecular flexibility index (Phi) is 4.36. The third-order valence-corrected chi connectivity index (χ3v) is 5.78. The van der Waals surface area contributed by atoms with Crippen molar-refractivity contribution in [1.29, 1.82) is 0 Å². The molecule has 0 spiro atoms. The third-order valence-electron chi connectivity index (χ3n) is 4.14. The summed E-state index contributed by atoms with van der Waals surface area (Å²) in [5.41, 5.74) is 0.821. The van der Waals surface area contributed by atoms with E-state index in [1.807, 2.05) is 6.92 Å². The van der Waals surface area contributed by atoms with Gasteiger partial charge in [0, 0.05) is 18.2 Å². The van der Waals surface area contributed by atoms with E-state index in [-0.39, 0.29) is 11.2 Å². The monoisotopic (exact) mass is 286 g/mol. The molecule has 19 heavy (non-hydrogen) atoms. The Morgan fingerprint density at radius 2 is 2.21 bits per heavy atom. The molecule has 1 aliphatic rings. The highest BCUT2D eigenvalue weighted by atomic mass is 32.2. The van der Waals surface area contributed by atoms with E-state index in [9.17, 15) is 13.5 Å². The van der Waals surface area contributed by atoms with Gasteiger partial charge in [-0.05, 0) is 31.2 Å². The van der Waals surface area contributed by atoms with Crippen LogP contribution in [0.15, 0.2) is 16.7 Å². The molecule has 5 heteroatoms. The number of hydrogen-bond acceptors (Lipinski definition) is 4. The lowest BCUT2D eigenvalue weighted by Gasteiger charge is -2.31. The van der Waals surface area contributed by atoms with Gasteiger partial charge in [-0.1, -0.05) is 13.3 Å². The summed E-state index contributed by atoms with van der Waals surface area (Å²) < 4.78 is 28.7. The zero-order chi connectivity index (χ0) is 14.0. The molecule has 0 saturated heterocycles. The van der Waals surface area contributed by atoms with Crippen LogP contribution in [0.1, 0.15) is 50.0 Å². The average molecular weight is 286 g/mol. The van der Waals surface area contributed by atoms with Crippen LogP contribution in [0.2, 0.25) is 0 Å². The second-order valence-electron chi connectivity index (χ2n) is 5.48. The van der Waals surface area contributed by atoms with Crippen molar-refractivity contribution in [3.05, 3.63) is 23.7 Å². The summed E-state index contributed by atoms with van der Waals surface area (Å²) in [6, 6.07) is 1.80. The summed E-state index contributed by atoms with van der Waals surface area (Å²) in [6.07, 6.45) is 6.01. The molecule has 1 aromatic heterocycles. The van der Waals surface area contributed by atoms with E-state index in [1.165, 1.54) is 6.26 Å². The molecule has 0 aliphatic heterocycles. The van der Waals surface area contributed by atoms with Crippen molar-refractivity contribution >= 4 is 9.84 Å². The van der Waals surface area contributed by atoms with Gasteiger partial charge >= 0.3 is 0 Å². The highest BCUT2D eigenvalue weighted by molar-refractivity contribution is 7.91. The molecule has 1 N–H and O–H groups in total. The van der Waals surface area contributed by atoms with Crippen LogP contribution < -0.4 is 0 Å². The lowest BCUT2D eigenvalue weighted by atomic mass is 9.82. The van der Waals surface area contributed by atoms with Crippen molar-refractivity contribution in [2.24, 2.45) is 5.92 Å². The van der Waals surface area contributed by atoms with Crippen molar-refractivity contribution < 1.29 is 17.9 Å². The van der Waals surface area contributed by atoms with Gasteiger partial charge in [-0.2, -0.15) is 0 Å². The van der Waals surface area contributed by atoms with Crippen LogP contribution in [0.5, 0.6) is 0 Å². The molecule has 0 radical (unpaired) electrons. The van der Waals surface area contributed by atoms with Gasteiger partial charge in [-0.25, -0.2) is 8.42 Å². The van der Waals surface area contributed by atoms with E-state index in [2.05, 4.69) is 0 Å². The van der Waals surface area contributed by atoms with E-state index in [0.29, 0.717) is 12.8 Å². The van der Waals surface area contributed by atoms with Crippen molar-refractivity contribution in [2.75, 3.05) is 6.26 Å². The Morgan fingerprint density at radius 3 is 2.84 bits per heavy atom. The highest BCUT2D eigenvalue weighted by Crippen LogP contribution is 2.38. The average Bonchev–Trinajstić information content (AvgIpc) is 2.85. The van der Waals surface area contributed by atoms with Crippen LogP contribution in [-0.2, 0) is 16.3 Å². The first kappa shape index (κ1) is 14.6. The number of rotatable bonds is 4. The molecule has 1 heterocycles. The SMILES string of the molecule is CCc1occc1C(O)C1CCCC(S(C)(=O)=O)C1. The number of sulfone groups is 1. The summed E-state index contributed by atoms with van der Waals surface area (Å²) in [5.74, 6) is 0.811. The van der Waals surface area contributed by atoms with Gasteiger partial charge in [0.1, 0.15) is 15.6 Å². The molecular formula is C14H22O4S. The highest BCUT2D eigenvalue weighted by Gasteiger charge is 2.34. The largest absolute Gasteiger partial charge is 0.469 e. The van der Waals surface area contributed by atoms with Crippen LogP contribution in [0, 0.1) is 5.92 Å². The zero-order valence-electron chi connectivity index (χ0n) is 11.5. The molecule has 1 fully saturated rings. The number of aliphatic hydroxyl groups excluding tert-OH is 1. The van der Waals surface area contributed by atoms with Crippen molar-refractivity contribution in [3.8, 4) is 0 Å². The molecule has 0 aromatic carbocycles. The second kappa shape index (κ2) is 5.67. The fourth-order valence-corrected chi connectivity index (χ4v) is 4.20. The quantitative estimate of drug-likeness (QED) is 0.923. The van der Waals surface area contributed by atoms with Crippen molar-refractivity contribution in [2.45, 2.75) is 50.4 Å². The maximum atomic E-state index is 11.7. The van der Waals surface area contributed by atoms with E-state index in [4.69, 9.17) is 4.42 Å². The third kappa shape index (κ3) is 3.20. The predicted molar refractivity (Wildman–Crippen MR) is 73.6 cm³/mol. The first-order chi connectivity index (χ1) is 8.93. The van der Waals surface area contributed by atoms with Gasteiger partial charge in [-0.15, -0.1) is 0 Å². The molecule has 0 amide bonds. The Labute approximate surface area is 114 Å². The van der Waals surface area contributed by atoms with Crippen molar-refractivity contribution in [3.63, 3.8) is 0 Å². The Morgan fingerprint density at radius 1 is 1.47 bits per heavy atom. The van der Waals surface area contributed by atoms with Gasteiger partial charge in [0.25, 0.3) is 0 Å². The van der Waals surface area contributed by atoms with Crippen LogP contribution in [0.3, 0.4) is 0 Å². The Hall–Kier alpha value is -0.810. The summed E-state index contributed by atoms with van der Waals surface area (Å²) in [5, 5.41) is 10.2. The molecule has 1 saturated carbocycles. The molecule has 0 bridgehead atoms. The molecule has 108 valence electrons. The Balaban J connectivity index is 2.13. The second-order valence-corrected chi connectivity index (χ2v) is 7.80. The summed E-state index contributed by atoms with van der Waals surface area (Å²) in [4.78, 5) is 0. The van der Waals surface area contributed by atoms with Gasteiger partial charge in [-0.3, -0.25) is 0 Å². The van der Waals surface area contributed by atoms with Crippen LogP contribution >= 0.6 is 0 Å². The number of aryl methyl sites for hydroxylation is 1. The molecule has 3 unspecified atom stereocenters. The lowest BCUT2D eigenvalue weighted by molar-refractivity contribution is 0.0841. The smallest absolute Gasteiger partial charge is 0.150 e. The topological polar surface area (TPSA) is 67.5 Å². The van der Waals surface area contributed by atoms with E-state index >= 15 is 0 Å². The fraction of sp³-hybridized carbons (Fsp3) is 0.714. The summed E-state index contributed by atoms with van der Waals surface area (Å²) in [7, 11) is -3.01. The minimum absolute atomic E-state index is 0.0105. The maximum Gasteiger partial charge on any atom is 0.150 e. The molecule has 2 rings (SSSR count). The van der Waals surface area contributed by atoms with Gasteiger partial charge in [0.2, 0.25) is 0 Å². The predicted octanol–water partition coefficient (Wildman–Crippen LogP) is 2.48. The summed E-state index contributed by atoms with van der Waals surface area (Å²) in [6.45, 7) is 1.98. The Bertz CT molecular complexity index is 517. The summed E-state index contributed by atoms with van der Waals surface area (Å²) >= 11 is 0. The molecule has 3 atom stereocenters. The number of aliphatic hydroxyl groups is 1. The zero-order valence-corrected chi connectivity index (χ0v) is 12.3.